The van der Waals surface area contributed by atoms with Gasteiger partial charge in [0, 0.05) is 18.7 Å². The van der Waals surface area contributed by atoms with E-state index in [0.29, 0.717) is 13.1 Å². The molecule has 0 atom stereocenters. The first-order chi connectivity index (χ1) is 8.16. The van der Waals surface area contributed by atoms with Crippen molar-refractivity contribution < 1.29 is 14.3 Å². The fourth-order valence-corrected chi connectivity index (χ4v) is 1.80. The van der Waals surface area contributed by atoms with Crippen molar-refractivity contribution in [2.45, 2.75) is 6.42 Å². The molecular formula is C12H13FN2O2. The van der Waals surface area contributed by atoms with E-state index in [2.05, 4.69) is 4.99 Å². The van der Waals surface area contributed by atoms with Gasteiger partial charge in [0.05, 0.1) is 13.0 Å². The molecule has 0 amide bonds. The largest absolute Gasteiger partial charge is 0.481 e. The molecule has 0 radical (unpaired) electrons. The van der Waals surface area contributed by atoms with Gasteiger partial charge in [-0.1, -0.05) is 0 Å². The zero-order valence-corrected chi connectivity index (χ0v) is 9.27. The van der Waals surface area contributed by atoms with Gasteiger partial charge in [0.25, 0.3) is 0 Å². The van der Waals surface area contributed by atoms with Crippen molar-refractivity contribution in [3.05, 3.63) is 35.6 Å². The molecule has 5 heteroatoms. The van der Waals surface area contributed by atoms with Crippen LogP contribution in [-0.4, -0.2) is 41.4 Å². The van der Waals surface area contributed by atoms with E-state index in [4.69, 9.17) is 5.11 Å². The lowest BCUT2D eigenvalue weighted by Gasteiger charge is -2.19. The topological polar surface area (TPSA) is 52.9 Å². The van der Waals surface area contributed by atoms with E-state index in [1.807, 2.05) is 4.90 Å². The third kappa shape index (κ3) is 2.81. The molecule has 17 heavy (non-hydrogen) atoms. The van der Waals surface area contributed by atoms with Gasteiger partial charge in [-0.05, 0) is 24.3 Å². The van der Waals surface area contributed by atoms with E-state index in [9.17, 15) is 9.18 Å². The fourth-order valence-electron chi connectivity index (χ4n) is 1.80. The van der Waals surface area contributed by atoms with Gasteiger partial charge in [-0.25, -0.2) is 4.39 Å². The van der Waals surface area contributed by atoms with Crippen molar-refractivity contribution in [3.8, 4) is 0 Å². The highest BCUT2D eigenvalue weighted by Gasteiger charge is 2.18. The summed E-state index contributed by atoms with van der Waals surface area (Å²) in [7, 11) is 0. The van der Waals surface area contributed by atoms with Gasteiger partial charge in [0.1, 0.15) is 11.7 Å². The second-order valence-electron chi connectivity index (χ2n) is 3.84. The van der Waals surface area contributed by atoms with Crippen LogP contribution in [0.15, 0.2) is 29.3 Å². The Labute approximate surface area is 98.4 Å². The summed E-state index contributed by atoms with van der Waals surface area (Å²) < 4.78 is 12.8. The van der Waals surface area contributed by atoms with Crippen LogP contribution in [0.25, 0.3) is 0 Å². The molecule has 1 aromatic rings. The van der Waals surface area contributed by atoms with Crippen LogP contribution in [0, 0.1) is 5.82 Å². The molecular weight excluding hydrogens is 223 g/mol. The molecule has 1 aliphatic rings. The summed E-state index contributed by atoms with van der Waals surface area (Å²) in [6, 6.07) is 6.08. The van der Waals surface area contributed by atoms with Crippen LogP contribution >= 0.6 is 0 Å². The molecule has 2 rings (SSSR count). The molecule has 0 bridgehead atoms. The Morgan fingerprint density at radius 1 is 1.41 bits per heavy atom. The lowest BCUT2D eigenvalue weighted by molar-refractivity contribution is -0.137. The number of amidine groups is 1. The number of halogens is 1. The van der Waals surface area contributed by atoms with Crippen LogP contribution in [0.3, 0.4) is 0 Å². The highest BCUT2D eigenvalue weighted by atomic mass is 19.1. The molecule has 1 heterocycles. The first kappa shape index (κ1) is 11.6. The maximum atomic E-state index is 12.8. The molecule has 0 spiro atoms. The molecule has 1 aromatic carbocycles. The molecule has 0 aliphatic carbocycles. The summed E-state index contributed by atoms with van der Waals surface area (Å²) in [6.45, 7) is 1.82. The molecule has 0 aromatic heterocycles. The van der Waals surface area contributed by atoms with E-state index in [1.165, 1.54) is 12.1 Å². The van der Waals surface area contributed by atoms with Gasteiger partial charge in [-0.3, -0.25) is 9.79 Å². The van der Waals surface area contributed by atoms with Crippen LogP contribution in [0.1, 0.15) is 12.0 Å². The molecule has 0 unspecified atom stereocenters. The van der Waals surface area contributed by atoms with Crippen LogP contribution in [0.4, 0.5) is 4.39 Å². The number of carboxylic acid groups (broad SMARTS) is 1. The van der Waals surface area contributed by atoms with E-state index in [0.717, 1.165) is 17.9 Å². The van der Waals surface area contributed by atoms with Crippen molar-refractivity contribution in [1.82, 2.24) is 4.90 Å². The second-order valence-corrected chi connectivity index (χ2v) is 3.84. The van der Waals surface area contributed by atoms with Gasteiger partial charge < -0.3 is 10.0 Å². The highest BCUT2D eigenvalue weighted by molar-refractivity contribution is 5.99. The first-order valence-electron chi connectivity index (χ1n) is 5.44. The Bertz CT molecular complexity index is 442. The fraction of sp³-hybridized carbons (Fsp3) is 0.333. The number of hydrogen-bond donors (Lipinski definition) is 1. The molecule has 0 saturated carbocycles. The predicted molar refractivity (Wildman–Crippen MR) is 61.6 cm³/mol. The zero-order chi connectivity index (χ0) is 12.3. The van der Waals surface area contributed by atoms with E-state index in [-0.39, 0.29) is 12.2 Å². The third-order valence-corrected chi connectivity index (χ3v) is 2.63. The number of aliphatic carboxylic acids is 1. The van der Waals surface area contributed by atoms with Gasteiger partial charge in [0.2, 0.25) is 0 Å². The van der Waals surface area contributed by atoms with Gasteiger partial charge in [-0.15, -0.1) is 0 Å². The number of aliphatic imine (C=N–C) groups is 1. The molecule has 0 fully saturated rings. The Morgan fingerprint density at radius 3 is 2.76 bits per heavy atom. The molecule has 90 valence electrons. The lowest BCUT2D eigenvalue weighted by atomic mass is 10.2. The number of hydrogen-bond acceptors (Lipinski definition) is 3. The molecule has 1 aliphatic heterocycles. The maximum absolute atomic E-state index is 12.8. The zero-order valence-electron chi connectivity index (χ0n) is 9.27. The predicted octanol–water partition coefficient (Wildman–Crippen LogP) is 1.36. The summed E-state index contributed by atoms with van der Waals surface area (Å²) in [5.74, 6) is -0.356. The molecule has 4 nitrogen and oxygen atoms in total. The minimum Gasteiger partial charge on any atom is -0.481 e. The number of rotatable bonds is 4. The number of carboxylic acids is 1. The third-order valence-electron chi connectivity index (χ3n) is 2.63. The minimum atomic E-state index is -0.824. The van der Waals surface area contributed by atoms with E-state index < -0.39 is 5.97 Å². The molecule has 0 saturated heterocycles. The molecule has 1 N–H and O–H groups in total. The van der Waals surface area contributed by atoms with Crippen LogP contribution in [0.5, 0.6) is 0 Å². The average molecular weight is 236 g/mol. The van der Waals surface area contributed by atoms with Crippen LogP contribution in [-0.2, 0) is 4.79 Å². The number of benzene rings is 1. The highest BCUT2D eigenvalue weighted by Crippen LogP contribution is 2.12. The minimum absolute atomic E-state index is 0.0835. The first-order valence-corrected chi connectivity index (χ1v) is 5.44. The van der Waals surface area contributed by atoms with E-state index >= 15 is 0 Å². The van der Waals surface area contributed by atoms with Crippen molar-refractivity contribution in [1.29, 1.82) is 0 Å². The monoisotopic (exact) mass is 236 g/mol. The normalized spacial score (nSPS) is 14.9. The summed E-state index contributed by atoms with van der Waals surface area (Å²) in [5.41, 5.74) is 0.828. The summed E-state index contributed by atoms with van der Waals surface area (Å²) in [6.07, 6.45) is 0.0835. The summed E-state index contributed by atoms with van der Waals surface area (Å²) in [4.78, 5) is 16.8. The summed E-state index contributed by atoms with van der Waals surface area (Å²) >= 11 is 0. The standard InChI is InChI=1S/C12H13FN2O2/c13-10-3-1-9(2-4-10)12-14-6-8-15(12)7-5-11(16)17/h1-4H,5-8H2,(H,16,17). The number of nitrogens with zero attached hydrogens (tertiary/aromatic N) is 2. The van der Waals surface area contributed by atoms with Gasteiger partial charge in [-0.2, -0.15) is 0 Å². The Kier molecular flexibility index (Phi) is 3.37. The van der Waals surface area contributed by atoms with Crippen molar-refractivity contribution >= 4 is 11.8 Å². The van der Waals surface area contributed by atoms with Crippen molar-refractivity contribution in [2.75, 3.05) is 19.6 Å². The van der Waals surface area contributed by atoms with Crippen molar-refractivity contribution in [3.63, 3.8) is 0 Å². The Balaban J connectivity index is 2.09. The summed E-state index contributed by atoms with van der Waals surface area (Å²) in [5, 5.41) is 8.65. The van der Waals surface area contributed by atoms with Crippen LogP contribution < -0.4 is 0 Å². The van der Waals surface area contributed by atoms with E-state index in [1.54, 1.807) is 12.1 Å². The second kappa shape index (κ2) is 4.95. The lowest BCUT2D eigenvalue weighted by Crippen LogP contribution is -2.30. The average Bonchev–Trinajstić information content (AvgIpc) is 2.75. The van der Waals surface area contributed by atoms with Crippen LogP contribution in [0.2, 0.25) is 0 Å². The van der Waals surface area contributed by atoms with Crippen molar-refractivity contribution in [2.24, 2.45) is 4.99 Å². The SMILES string of the molecule is O=C(O)CCN1CCN=C1c1ccc(F)cc1. The van der Waals surface area contributed by atoms with Gasteiger partial charge in [0.15, 0.2) is 0 Å². The van der Waals surface area contributed by atoms with Gasteiger partial charge >= 0.3 is 5.97 Å². The quantitative estimate of drug-likeness (QED) is 0.858. The maximum Gasteiger partial charge on any atom is 0.305 e. The Morgan fingerprint density at radius 2 is 2.12 bits per heavy atom. The Hall–Kier alpha value is -1.91. The smallest absolute Gasteiger partial charge is 0.305 e. The number of carbonyl (C=O) groups is 1.